The summed E-state index contributed by atoms with van der Waals surface area (Å²) in [5.41, 5.74) is -0.353. The van der Waals surface area contributed by atoms with Gasteiger partial charge in [0, 0.05) is 5.39 Å². The quantitative estimate of drug-likeness (QED) is 0.647. The highest BCUT2D eigenvalue weighted by molar-refractivity contribution is 6.14. The van der Waals surface area contributed by atoms with E-state index in [-0.39, 0.29) is 22.3 Å². The zero-order valence-corrected chi connectivity index (χ0v) is 12.1. The van der Waals surface area contributed by atoms with Crippen LogP contribution in [0.5, 0.6) is 5.75 Å². The van der Waals surface area contributed by atoms with Gasteiger partial charge < -0.3 is 24.3 Å². The van der Waals surface area contributed by atoms with E-state index in [1.165, 1.54) is 19.2 Å². The van der Waals surface area contributed by atoms with Gasteiger partial charge in [0.25, 0.3) is 0 Å². The zero-order valence-electron chi connectivity index (χ0n) is 12.1. The second-order valence-electron chi connectivity index (χ2n) is 4.27. The molecule has 0 aliphatic carbocycles. The summed E-state index contributed by atoms with van der Waals surface area (Å²) in [6.07, 6.45) is 0. The molecule has 0 atom stereocenters. The Morgan fingerprint density at radius 2 is 1.45 bits per heavy atom. The van der Waals surface area contributed by atoms with Gasteiger partial charge in [0.15, 0.2) is 0 Å². The highest BCUT2D eigenvalue weighted by Crippen LogP contribution is 2.32. The van der Waals surface area contributed by atoms with E-state index in [2.05, 4.69) is 19.2 Å². The van der Waals surface area contributed by atoms with Crippen molar-refractivity contribution in [3.63, 3.8) is 0 Å². The molecule has 8 nitrogen and oxygen atoms in total. The van der Waals surface area contributed by atoms with Gasteiger partial charge in [0.2, 0.25) is 0 Å². The predicted octanol–water partition coefficient (Wildman–Crippen LogP) is 1.23. The number of aromatic hydroxyl groups is 1. The molecule has 1 aromatic heterocycles. The van der Waals surface area contributed by atoms with Crippen molar-refractivity contribution in [2.24, 2.45) is 0 Å². The van der Waals surface area contributed by atoms with Crippen LogP contribution in [0.3, 0.4) is 0 Å². The third-order valence-electron chi connectivity index (χ3n) is 3.08. The van der Waals surface area contributed by atoms with Crippen LogP contribution in [0.25, 0.3) is 10.9 Å². The SMILES string of the molecule is COC(=O)c1cc2cc(O)c(C(=O)OC)c(C(=O)OC)c2[nH]1. The number of benzene rings is 1. The Hall–Kier alpha value is -3.03. The fraction of sp³-hybridized carbons (Fsp3) is 0.214. The van der Waals surface area contributed by atoms with Crippen LogP contribution in [0, 0.1) is 0 Å². The Labute approximate surface area is 124 Å². The maximum absolute atomic E-state index is 12.0. The van der Waals surface area contributed by atoms with Gasteiger partial charge in [-0.05, 0) is 12.1 Å². The van der Waals surface area contributed by atoms with E-state index in [0.29, 0.717) is 5.39 Å². The third kappa shape index (κ3) is 2.34. The summed E-state index contributed by atoms with van der Waals surface area (Å²) in [6, 6.07) is 2.62. The number of aromatic amines is 1. The van der Waals surface area contributed by atoms with Crippen LogP contribution in [0.2, 0.25) is 0 Å². The number of fused-ring (bicyclic) bond motifs is 1. The molecule has 0 unspecified atom stereocenters. The second-order valence-corrected chi connectivity index (χ2v) is 4.27. The monoisotopic (exact) mass is 307 g/mol. The average molecular weight is 307 g/mol. The fourth-order valence-corrected chi connectivity index (χ4v) is 2.10. The first-order valence-corrected chi connectivity index (χ1v) is 6.08. The number of hydrogen-bond donors (Lipinski definition) is 2. The summed E-state index contributed by atoms with van der Waals surface area (Å²) >= 11 is 0. The number of phenolic OH excluding ortho intramolecular Hbond substituents is 1. The number of methoxy groups -OCH3 is 3. The molecule has 0 spiro atoms. The Morgan fingerprint density at radius 3 is 2.00 bits per heavy atom. The van der Waals surface area contributed by atoms with Gasteiger partial charge in [-0.25, -0.2) is 14.4 Å². The van der Waals surface area contributed by atoms with E-state index in [4.69, 9.17) is 0 Å². The lowest BCUT2D eigenvalue weighted by atomic mass is 10.0. The summed E-state index contributed by atoms with van der Waals surface area (Å²) in [7, 11) is 3.44. The van der Waals surface area contributed by atoms with Crippen molar-refractivity contribution in [3.05, 3.63) is 29.0 Å². The minimum Gasteiger partial charge on any atom is -0.507 e. The molecule has 2 aromatic rings. The minimum atomic E-state index is -0.908. The largest absolute Gasteiger partial charge is 0.507 e. The number of nitrogens with one attached hydrogen (secondary N) is 1. The number of rotatable bonds is 3. The standard InChI is InChI=1S/C14H13NO7/c1-20-12(17)7-4-6-5-8(16)9(13(18)21-2)10(11(6)15-7)14(19)22-3/h4-5,15-16H,1-3H3. The van der Waals surface area contributed by atoms with Gasteiger partial charge in [-0.2, -0.15) is 0 Å². The van der Waals surface area contributed by atoms with Crippen molar-refractivity contribution < 1.29 is 33.7 Å². The molecule has 2 N–H and O–H groups in total. The molecule has 0 saturated heterocycles. The average Bonchev–Trinajstić information content (AvgIpc) is 2.94. The smallest absolute Gasteiger partial charge is 0.354 e. The Balaban J connectivity index is 2.84. The molecular formula is C14H13NO7. The highest BCUT2D eigenvalue weighted by atomic mass is 16.5. The van der Waals surface area contributed by atoms with Gasteiger partial charge in [0.1, 0.15) is 22.6 Å². The number of phenols is 1. The third-order valence-corrected chi connectivity index (χ3v) is 3.08. The molecule has 0 bridgehead atoms. The van der Waals surface area contributed by atoms with Crippen molar-refractivity contribution >= 4 is 28.8 Å². The maximum Gasteiger partial charge on any atom is 0.354 e. The molecule has 0 fully saturated rings. The van der Waals surface area contributed by atoms with Crippen LogP contribution in [-0.2, 0) is 14.2 Å². The molecule has 0 radical (unpaired) electrons. The molecule has 116 valence electrons. The molecular weight excluding hydrogens is 294 g/mol. The first-order chi connectivity index (χ1) is 10.4. The zero-order chi connectivity index (χ0) is 16.4. The van der Waals surface area contributed by atoms with E-state index in [1.54, 1.807) is 0 Å². The second kappa shape index (κ2) is 5.76. The number of ether oxygens (including phenoxy) is 3. The molecule has 8 heteroatoms. The van der Waals surface area contributed by atoms with Crippen LogP contribution < -0.4 is 0 Å². The van der Waals surface area contributed by atoms with Gasteiger partial charge in [0.05, 0.1) is 26.8 Å². The molecule has 1 aromatic carbocycles. The van der Waals surface area contributed by atoms with Gasteiger partial charge in [-0.1, -0.05) is 0 Å². The topological polar surface area (TPSA) is 115 Å². The summed E-state index contributed by atoms with van der Waals surface area (Å²) in [4.78, 5) is 38.1. The van der Waals surface area contributed by atoms with E-state index in [1.807, 2.05) is 0 Å². The Morgan fingerprint density at radius 1 is 0.909 bits per heavy atom. The van der Waals surface area contributed by atoms with Crippen molar-refractivity contribution in [2.75, 3.05) is 21.3 Å². The van der Waals surface area contributed by atoms with Gasteiger partial charge >= 0.3 is 17.9 Å². The van der Waals surface area contributed by atoms with E-state index in [9.17, 15) is 19.5 Å². The molecule has 1 heterocycles. The summed E-state index contributed by atoms with van der Waals surface area (Å²) < 4.78 is 13.8. The van der Waals surface area contributed by atoms with Gasteiger partial charge in [-0.3, -0.25) is 0 Å². The van der Waals surface area contributed by atoms with Crippen LogP contribution in [-0.4, -0.2) is 49.3 Å². The lowest BCUT2D eigenvalue weighted by molar-refractivity contribution is 0.0554. The lowest BCUT2D eigenvalue weighted by Crippen LogP contribution is -2.13. The van der Waals surface area contributed by atoms with Gasteiger partial charge in [-0.15, -0.1) is 0 Å². The van der Waals surface area contributed by atoms with Crippen molar-refractivity contribution in [2.45, 2.75) is 0 Å². The highest BCUT2D eigenvalue weighted by Gasteiger charge is 2.27. The van der Waals surface area contributed by atoms with E-state index in [0.717, 1.165) is 14.2 Å². The van der Waals surface area contributed by atoms with E-state index < -0.39 is 23.7 Å². The number of H-pyrrole nitrogens is 1. The Bertz CT molecular complexity index is 775. The Kier molecular flexibility index (Phi) is 4.02. The molecule has 2 rings (SSSR count). The van der Waals surface area contributed by atoms with Crippen LogP contribution in [0.15, 0.2) is 12.1 Å². The number of aromatic nitrogens is 1. The summed E-state index contributed by atoms with van der Waals surface area (Å²) in [6.45, 7) is 0. The molecule has 0 aliphatic rings. The van der Waals surface area contributed by atoms with Crippen molar-refractivity contribution in [1.29, 1.82) is 0 Å². The molecule has 0 saturated carbocycles. The summed E-state index contributed by atoms with van der Waals surface area (Å²) in [5, 5.41) is 10.3. The molecule has 22 heavy (non-hydrogen) atoms. The van der Waals surface area contributed by atoms with Crippen molar-refractivity contribution in [1.82, 2.24) is 4.98 Å². The number of carbonyl (C=O) groups excluding carboxylic acids is 3. The summed E-state index contributed by atoms with van der Waals surface area (Å²) in [5.74, 6) is -2.89. The first-order valence-electron chi connectivity index (χ1n) is 6.08. The van der Waals surface area contributed by atoms with E-state index >= 15 is 0 Å². The predicted molar refractivity (Wildman–Crippen MR) is 74.0 cm³/mol. The van der Waals surface area contributed by atoms with Crippen molar-refractivity contribution in [3.8, 4) is 5.75 Å². The first kappa shape index (κ1) is 15.4. The molecule has 0 aliphatic heterocycles. The number of hydrogen-bond acceptors (Lipinski definition) is 7. The van der Waals surface area contributed by atoms with Crippen LogP contribution in [0.4, 0.5) is 0 Å². The normalized spacial score (nSPS) is 10.3. The van der Waals surface area contributed by atoms with Crippen LogP contribution in [0.1, 0.15) is 31.2 Å². The van der Waals surface area contributed by atoms with Crippen LogP contribution >= 0.6 is 0 Å². The molecule has 0 amide bonds. The number of esters is 3. The number of carbonyl (C=O) groups is 3. The maximum atomic E-state index is 12.0. The lowest BCUT2D eigenvalue weighted by Gasteiger charge is -2.09. The fourth-order valence-electron chi connectivity index (χ4n) is 2.10. The minimum absolute atomic E-state index is 0.0593.